The third-order valence-corrected chi connectivity index (χ3v) is 6.44. The molecule has 8 nitrogen and oxygen atoms in total. The van der Waals surface area contributed by atoms with Gasteiger partial charge in [0.25, 0.3) is 11.8 Å². The zero-order valence-corrected chi connectivity index (χ0v) is 19.0. The van der Waals surface area contributed by atoms with Crippen molar-refractivity contribution in [1.29, 1.82) is 0 Å². The van der Waals surface area contributed by atoms with Crippen molar-refractivity contribution in [2.45, 2.75) is 0 Å². The van der Waals surface area contributed by atoms with Crippen molar-refractivity contribution in [3.8, 4) is 17.1 Å². The lowest BCUT2D eigenvalue weighted by Crippen LogP contribution is -2.46. The molecule has 2 aliphatic rings. The highest BCUT2D eigenvalue weighted by Crippen LogP contribution is 2.37. The van der Waals surface area contributed by atoms with Crippen LogP contribution < -0.4 is 5.32 Å². The number of benzene rings is 2. The van der Waals surface area contributed by atoms with Crippen molar-refractivity contribution in [3.63, 3.8) is 0 Å². The van der Waals surface area contributed by atoms with E-state index in [2.05, 4.69) is 32.1 Å². The molecular weight excluding hydrogens is 430 g/mol. The molecule has 0 unspecified atom stereocenters. The molecule has 34 heavy (non-hydrogen) atoms. The molecule has 3 heterocycles. The molecule has 0 radical (unpaired) electrons. The van der Waals surface area contributed by atoms with Crippen molar-refractivity contribution in [1.82, 2.24) is 20.1 Å². The van der Waals surface area contributed by atoms with Gasteiger partial charge >= 0.3 is 0 Å². The molecule has 174 valence electrons. The number of aromatic hydroxyl groups is 1. The Morgan fingerprint density at radius 1 is 1.00 bits per heavy atom. The Bertz CT molecular complexity index is 1240. The number of rotatable bonds is 6. The summed E-state index contributed by atoms with van der Waals surface area (Å²) in [5.41, 5.74) is 3.71. The summed E-state index contributed by atoms with van der Waals surface area (Å²) < 4.78 is 0. The summed E-state index contributed by atoms with van der Waals surface area (Å²) in [7, 11) is 2.12. The molecule has 0 saturated carbocycles. The second-order valence-electron chi connectivity index (χ2n) is 8.71. The minimum Gasteiger partial charge on any atom is -0.494 e. The van der Waals surface area contributed by atoms with Crippen molar-refractivity contribution < 1.29 is 14.7 Å². The van der Waals surface area contributed by atoms with Crippen LogP contribution in [0.4, 0.5) is 0 Å². The Balaban J connectivity index is 1.28. The SMILES string of the molecule is CN1CCN(CCNC(=O)c2ccc(C3=NC(=O)c4c(-c5ccccc5)[nH]c(O)c43)cc2)CC1. The number of hydrogen-bond donors (Lipinski definition) is 3. The fraction of sp³-hybridized carbons (Fsp3) is 0.269. The van der Waals surface area contributed by atoms with Crippen LogP contribution in [-0.2, 0) is 0 Å². The van der Waals surface area contributed by atoms with Gasteiger partial charge in [0.05, 0.1) is 22.5 Å². The third-order valence-electron chi connectivity index (χ3n) is 6.44. The minimum atomic E-state index is -0.397. The van der Waals surface area contributed by atoms with E-state index in [0.717, 1.165) is 38.3 Å². The second-order valence-corrected chi connectivity index (χ2v) is 8.71. The average molecular weight is 458 g/mol. The number of aliphatic imine (C=N–C) groups is 1. The van der Waals surface area contributed by atoms with Crippen molar-refractivity contribution in [2.75, 3.05) is 46.3 Å². The fourth-order valence-electron chi connectivity index (χ4n) is 4.46. The van der Waals surface area contributed by atoms with E-state index < -0.39 is 5.91 Å². The van der Waals surface area contributed by atoms with E-state index in [-0.39, 0.29) is 11.8 Å². The number of nitrogens with zero attached hydrogens (tertiary/aromatic N) is 3. The van der Waals surface area contributed by atoms with Gasteiger partial charge < -0.3 is 20.3 Å². The van der Waals surface area contributed by atoms with Crippen LogP contribution in [-0.4, -0.2) is 83.7 Å². The van der Waals surface area contributed by atoms with E-state index in [1.54, 1.807) is 24.3 Å². The molecule has 0 bridgehead atoms. The summed E-state index contributed by atoms with van der Waals surface area (Å²) in [4.78, 5) is 37.1. The van der Waals surface area contributed by atoms with Crippen LogP contribution >= 0.6 is 0 Å². The molecule has 0 aliphatic carbocycles. The molecule has 3 N–H and O–H groups in total. The molecule has 0 spiro atoms. The predicted octanol–water partition coefficient (Wildman–Crippen LogP) is 2.36. The van der Waals surface area contributed by atoms with E-state index in [4.69, 9.17) is 0 Å². The number of carbonyl (C=O) groups is 2. The van der Waals surface area contributed by atoms with E-state index in [0.29, 0.717) is 40.2 Å². The van der Waals surface area contributed by atoms with Crippen molar-refractivity contribution in [3.05, 3.63) is 76.9 Å². The zero-order valence-electron chi connectivity index (χ0n) is 19.0. The summed E-state index contributed by atoms with van der Waals surface area (Å²) >= 11 is 0. The van der Waals surface area contributed by atoms with Gasteiger partial charge in [-0.2, -0.15) is 0 Å². The molecule has 8 heteroatoms. The number of likely N-dealkylation sites (N-methyl/N-ethyl adjacent to an activating group) is 1. The van der Waals surface area contributed by atoms with Crippen LogP contribution in [0, 0.1) is 0 Å². The summed E-state index contributed by atoms with van der Waals surface area (Å²) in [6, 6.07) is 16.3. The van der Waals surface area contributed by atoms with Gasteiger partial charge in [0.15, 0.2) is 5.88 Å². The van der Waals surface area contributed by atoms with E-state index in [9.17, 15) is 14.7 Å². The first-order valence-electron chi connectivity index (χ1n) is 11.4. The Labute approximate surface area is 197 Å². The number of hydrogen-bond acceptors (Lipinski definition) is 5. The Morgan fingerprint density at radius 2 is 1.71 bits per heavy atom. The first-order valence-corrected chi connectivity index (χ1v) is 11.4. The highest BCUT2D eigenvalue weighted by molar-refractivity contribution is 6.30. The molecule has 5 rings (SSSR count). The van der Waals surface area contributed by atoms with Gasteiger partial charge in [0.2, 0.25) is 0 Å². The van der Waals surface area contributed by atoms with Crippen LogP contribution in [0.5, 0.6) is 5.88 Å². The number of fused-ring (bicyclic) bond motifs is 1. The monoisotopic (exact) mass is 457 g/mol. The lowest BCUT2D eigenvalue weighted by Gasteiger charge is -2.32. The normalized spacial score (nSPS) is 16.4. The first kappa shape index (κ1) is 22.1. The zero-order chi connectivity index (χ0) is 23.7. The van der Waals surface area contributed by atoms with Crippen molar-refractivity contribution >= 4 is 17.5 Å². The Morgan fingerprint density at radius 3 is 2.41 bits per heavy atom. The molecule has 2 aromatic carbocycles. The van der Waals surface area contributed by atoms with E-state index >= 15 is 0 Å². The van der Waals surface area contributed by atoms with Gasteiger partial charge in [-0.05, 0) is 24.7 Å². The van der Waals surface area contributed by atoms with Gasteiger partial charge in [-0.3, -0.25) is 14.5 Å². The fourth-order valence-corrected chi connectivity index (χ4v) is 4.46. The van der Waals surface area contributed by atoms with E-state index in [1.807, 2.05) is 30.3 Å². The average Bonchev–Trinajstić information content (AvgIpc) is 3.39. The number of aromatic amines is 1. The van der Waals surface area contributed by atoms with Crippen LogP contribution in [0.3, 0.4) is 0 Å². The quantitative estimate of drug-likeness (QED) is 0.528. The molecule has 1 saturated heterocycles. The third kappa shape index (κ3) is 4.25. The smallest absolute Gasteiger partial charge is 0.280 e. The summed E-state index contributed by atoms with van der Waals surface area (Å²) in [5.74, 6) is -0.628. The standard InChI is InChI=1S/C26H27N5O3/c1-30-13-15-31(16-14-30)12-11-27-24(32)19-9-7-18(8-10-19)23-21-20(25(33)29-23)22(28-26(21)34)17-5-3-2-4-6-17/h2-10,28,34H,11-16H2,1H3,(H,27,32). The Hall–Kier alpha value is -3.75. The molecule has 1 fully saturated rings. The summed E-state index contributed by atoms with van der Waals surface area (Å²) in [6.07, 6.45) is 0. The minimum absolute atomic E-state index is 0.0934. The Kier molecular flexibility index (Phi) is 6.00. The number of carbonyl (C=O) groups excluding carboxylic acids is 2. The van der Waals surface area contributed by atoms with Gasteiger partial charge in [-0.25, -0.2) is 4.99 Å². The van der Waals surface area contributed by atoms with Crippen molar-refractivity contribution in [2.24, 2.45) is 4.99 Å². The highest BCUT2D eigenvalue weighted by atomic mass is 16.3. The van der Waals surface area contributed by atoms with Crippen LogP contribution in [0.25, 0.3) is 11.3 Å². The molecule has 0 atom stereocenters. The highest BCUT2D eigenvalue weighted by Gasteiger charge is 2.33. The van der Waals surface area contributed by atoms with Gasteiger partial charge in [-0.1, -0.05) is 42.5 Å². The maximum atomic E-state index is 12.7. The predicted molar refractivity (Wildman–Crippen MR) is 131 cm³/mol. The first-order chi connectivity index (χ1) is 16.5. The number of piperazine rings is 1. The number of H-pyrrole nitrogens is 1. The molecule has 2 amide bonds. The molecular formula is C26H27N5O3. The van der Waals surface area contributed by atoms with Gasteiger partial charge in [-0.15, -0.1) is 0 Å². The topological polar surface area (TPSA) is 101 Å². The number of aromatic nitrogens is 1. The lowest BCUT2D eigenvalue weighted by molar-refractivity contribution is 0.0940. The van der Waals surface area contributed by atoms with Crippen LogP contribution in [0.1, 0.15) is 31.8 Å². The molecule has 3 aromatic rings. The number of nitrogens with one attached hydrogen (secondary N) is 2. The maximum Gasteiger partial charge on any atom is 0.280 e. The largest absolute Gasteiger partial charge is 0.494 e. The van der Waals surface area contributed by atoms with E-state index in [1.165, 1.54) is 0 Å². The second kappa shape index (κ2) is 9.24. The summed E-state index contributed by atoms with van der Waals surface area (Å²) in [6.45, 7) is 5.55. The van der Waals surface area contributed by atoms with Crippen LogP contribution in [0.15, 0.2) is 59.6 Å². The summed E-state index contributed by atoms with van der Waals surface area (Å²) in [5, 5.41) is 13.5. The van der Waals surface area contributed by atoms with Gasteiger partial charge in [0, 0.05) is 50.4 Å². The lowest BCUT2D eigenvalue weighted by atomic mass is 9.99. The van der Waals surface area contributed by atoms with Gasteiger partial charge in [0.1, 0.15) is 0 Å². The maximum absolute atomic E-state index is 12.7. The molecule has 1 aromatic heterocycles. The molecule has 2 aliphatic heterocycles. The van der Waals surface area contributed by atoms with Crippen LogP contribution in [0.2, 0.25) is 0 Å². The number of amides is 2.